The number of anilines is 1. The number of hydrogen-bond acceptors (Lipinski definition) is 3. The summed E-state index contributed by atoms with van der Waals surface area (Å²) in [5.41, 5.74) is 3.54. The molecule has 0 aliphatic rings. The molecule has 1 N–H and O–H groups in total. The molecule has 6 heteroatoms. The molecule has 1 aromatic carbocycles. The molecular formula is C16H17N5O. The minimum atomic E-state index is -0.182. The predicted molar refractivity (Wildman–Crippen MR) is 84.2 cm³/mol. The molecular weight excluding hydrogens is 278 g/mol. The Kier molecular flexibility index (Phi) is 3.50. The average Bonchev–Trinajstić information content (AvgIpc) is 3.04. The van der Waals surface area contributed by atoms with E-state index in [1.807, 2.05) is 36.7 Å². The molecule has 2 aromatic heterocycles. The lowest BCUT2D eigenvalue weighted by Gasteiger charge is -2.06. The van der Waals surface area contributed by atoms with Gasteiger partial charge in [0.15, 0.2) is 5.82 Å². The van der Waals surface area contributed by atoms with E-state index in [0.717, 1.165) is 17.1 Å². The van der Waals surface area contributed by atoms with Crippen LogP contribution in [-0.4, -0.2) is 25.5 Å². The highest BCUT2D eigenvalue weighted by atomic mass is 16.1. The fourth-order valence-electron chi connectivity index (χ4n) is 2.31. The molecule has 1 amide bonds. The van der Waals surface area contributed by atoms with E-state index in [0.29, 0.717) is 11.4 Å². The van der Waals surface area contributed by atoms with Crippen molar-refractivity contribution < 1.29 is 4.79 Å². The molecule has 22 heavy (non-hydrogen) atoms. The molecule has 3 rings (SSSR count). The van der Waals surface area contributed by atoms with E-state index >= 15 is 0 Å². The van der Waals surface area contributed by atoms with Gasteiger partial charge in [0, 0.05) is 30.6 Å². The van der Waals surface area contributed by atoms with E-state index in [2.05, 4.69) is 15.5 Å². The van der Waals surface area contributed by atoms with Crippen molar-refractivity contribution in [2.45, 2.75) is 13.8 Å². The Morgan fingerprint density at radius 1 is 1.09 bits per heavy atom. The summed E-state index contributed by atoms with van der Waals surface area (Å²) in [5, 5.41) is 11.3. The van der Waals surface area contributed by atoms with Crippen LogP contribution in [0.4, 0.5) is 5.82 Å². The van der Waals surface area contributed by atoms with Crippen molar-refractivity contribution in [2.24, 2.45) is 7.05 Å². The molecule has 0 saturated carbocycles. The molecule has 0 aliphatic heterocycles. The fraction of sp³-hybridized carbons (Fsp3) is 0.188. The van der Waals surface area contributed by atoms with Crippen LogP contribution >= 0.6 is 0 Å². The number of nitrogens with one attached hydrogen (secondary N) is 1. The number of carbonyl (C=O) groups is 1. The van der Waals surface area contributed by atoms with Crippen molar-refractivity contribution in [1.82, 2.24) is 19.6 Å². The molecule has 0 radical (unpaired) electrons. The summed E-state index contributed by atoms with van der Waals surface area (Å²) < 4.78 is 3.50. The highest BCUT2D eigenvalue weighted by molar-refractivity contribution is 6.03. The number of aromatic nitrogens is 4. The van der Waals surface area contributed by atoms with Crippen LogP contribution in [0, 0.1) is 13.8 Å². The molecule has 0 atom stereocenters. The molecule has 0 spiro atoms. The van der Waals surface area contributed by atoms with Gasteiger partial charge in [0.05, 0.1) is 11.4 Å². The molecule has 2 heterocycles. The van der Waals surface area contributed by atoms with Gasteiger partial charge >= 0.3 is 0 Å². The lowest BCUT2D eigenvalue weighted by atomic mass is 10.2. The highest BCUT2D eigenvalue weighted by Gasteiger charge is 2.09. The van der Waals surface area contributed by atoms with Crippen molar-refractivity contribution in [3.8, 4) is 5.69 Å². The summed E-state index contributed by atoms with van der Waals surface area (Å²) in [6.07, 6.45) is 1.78. The van der Waals surface area contributed by atoms with Crippen LogP contribution in [-0.2, 0) is 7.05 Å². The van der Waals surface area contributed by atoms with Gasteiger partial charge in [0.2, 0.25) is 0 Å². The van der Waals surface area contributed by atoms with Gasteiger partial charge < -0.3 is 5.32 Å². The van der Waals surface area contributed by atoms with Gasteiger partial charge in [-0.05, 0) is 44.2 Å². The Labute approximate surface area is 128 Å². The Morgan fingerprint density at radius 3 is 2.36 bits per heavy atom. The van der Waals surface area contributed by atoms with Crippen molar-refractivity contribution in [2.75, 3.05) is 5.32 Å². The quantitative estimate of drug-likeness (QED) is 0.807. The van der Waals surface area contributed by atoms with Crippen LogP contribution in [0.15, 0.2) is 42.6 Å². The van der Waals surface area contributed by atoms with Crippen molar-refractivity contribution in [3.63, 3.8) is 0 Å². The van der Waals surface area contributed by atoms with E-state index in [1.165, 1.54) is 0 Å². The summed E-state index contributed by atoms with van der Waals surface area (Å²) in [4.78, 5) is 12.2. The second-order valence-electron chi connectivity index (χ2n) is 5.21. The molecule has 0 aliphatic carbocycles. The molecule has 112 valence electrons. The zero-order chi connectivity index (χ0) is 15.7. The van der Waals surface area contributed by atoms with Gasteiger partial charge in [-0.15, -0.1) is 0 Å². The third kappa shape index (κ3) is 2.76. The smallest absolute Gasteiger partial charge is 0.256 e. The van der Waals surface area contributed by atoms with Gasteiger partial charge in [-0.1, -0.05) is 0 Å². The molecule has 3 aromatic rings. The maximum absolute atomic E-state index is 12.2. The summed E-state index contributed by atoms with van der Waals surface area (Å²) in [6.45, 7) is 3.96. The molecule has 0 unspecified atom stereocenters. The second-order valence-corrected chi connectivity index (χ2v) is 5.21. The topological polar surface area (TPSA) is 64.7 Å². The SMILES string of the molecule is Cc1cc(C)n(-c2ccc(C(=O)Nc3ccn(C)n3)cc2)n1. The zero-order valence-electron chi connectivity index (χ0n) is 12.7. The van der Waals surface area contributed by atoms with Gasteiger partial charge in [-0.3, -0.25) is 9.48 Å². The molecule has 0 fully saturated rings. The third-order valence-corrected chi connectivity index (χ3v) is 3.34. The molecule has 0 bridgehead atoms. The number of hydrogen-bond donors (Lipinski definition) is 1. The van der Waals surface area contributed by atoms with Crippen molar-refractivity contribution >= 4 is 11.7 Å². The number of benzene rings is 1. The maximum Gasteiger partial charge on any atom is 0.256 e. The minimum absolute atomic E-state index is 0.182. The lowest BCUT2D eigenvalue weighted by Crippen LogP contribution is -2.12. The van der Waals surface area contributed by atoms with Gasteiger partial charge in [-0.25, -0.2) is 4.68 Å². The number of amides is 1. The summed E-state index contributed by atoms with van der Waals surface area (Å²) in [5.74, 6) is 0.355. The predicted octanol–water partition coefficient (Wildman–Crippen LogP) is 2.47. The standard InChI is InChI=1S/C16H17N5O/c1-11-10-12(2)21(18-11)14-6-4-13(5-7-14)16(22)17-15-8-9-20(3)19-15/h4-10H,1-3H3,(H,17,19,22). The van der Waals surface area contributed by atoms with Crippen LogP contribution in [0.1, 0.15) is 21.7 Å². The first-order valence-electron chi connectivity index (χ1n) is 6.97. The Morgan fingerprint density at radius 2 is 1.82 bits per heavy atom. The van der Waals surface area contributed by atoms with Crippen LogP contribution < -0.4 is 5.32 Å². The van der Waals surface area contributed by atoms with Gasteiger partial charge in [0.1, 0.15) is 0 Å². The Hall–Kier alpha value is -2.89. The van der Waals surface area contributed by atoms with E-state index in [-0.39, 0.29) is 5.91 Å². The van der Waals surface area contributed by atoms with E-state index < -0.39 is 0 Å². The van der Waals surface area contributed by atoms with E-state index in [4.69, 9.17) is 0 Å². The first kappa shape index (κ1) is 14.1. The summed E-state index contributed by atoms with van der Waals surface area (Å²) in [7, 11) is 1.80. The second kappa shape index (κ2) is 5.48. The van der Waals surface area contributed by atoms with Gasteiger partial charge in [-0.2, -0.15) is 10.2 Å². The van der Waals surface area contributed by atoms with E-state index in [1.54, 1.807) is 36.1 Å². The lowest BCUT2D eigenvalue weighted by molar-refractivity contribution is 0.102. The number of rotatable bonds is 3. The first-order valence-corrected chi connectivity index (χ1v) is 6.97. The largest absolute Gasteiger partial charge is 0.305 e. The number of nitrogens with zero attached hydrogens (tertiary/aromatic N) is 4. The normalized spacial score (nSPS) is 10.7. The van der Waals surface area contributed by atoms with E-state index in [9.17, 15) is 4.79 Å². The van der Waals surface area contributed by atoms with Crippen LogP contribution in [0.3, 0.4) is 0 Å². The molecule has 6 nitrogen and oxygen atoms in total. The Balaban J connectivity index is 1.79. The average molecular weight is 295 g/mol. The first-order chi connectivity index (χ1) is 10.5. The number of carbonyl (C=O) groups excluding carboxylic acids is 1. The molecule has 0 saturated heterocycles. The summed E-state index contributed by atoms with van der Waals surface area (Å²) >= 11 is 0. The van der Waals surface area contributed by atoms with Crippen LogP contribution in [0.25, 0.3) is 5.69 Å². The van der Waals surface area contributed by atoms with Crippen LogP contribution in [0.2, 0.25) is 0 Å². The van der Waals surface area contributed by atoms with Gasteiger partial charge in [0.25, 0.3) is 5.91 Å². The van der Waals surface area contributed by atoms with Crippen molar-refractivity contribution in [1.29, 1.82) is 0 Å². The van der Waals surface area contributed by atoms with Crippen molar-refractivity contribution in [3.05, 3.63) is 59.5 Å². The summed E-state index contributed by atoms with van der Waals surface area (Å²) in [6, 6.07) is 11.1. The fourth-order valence-corrected chi connectivity index (χ4v) is 2.31. The highest BCUT2D eigenvalue weighted by Crippen LogP contribution is 2.14. The monoisotopic (exact) mass is 295 g/mol. The third-order valence-electron chi connectivity index (χ3n) is 3.34. The number of aryl methyl sites for hydroxylation is 3. The zero-order valence-corrected chi connectivity index (χ0v) is 12.7. The maximum atomic E-state index is 12.2. The van der Waals surface area contributed by atoms with Crippen LogP contribution in [0.5, 0.6) is 0 Å². The minimum Gasteiger partial charge on any atom is -0.305 e. The Bertz CT molecular complexity index is 813.